The Hall–Kier alpha value is -2.05. The van der Waals surface area contributed by atoms with Crippen molar-refractivity contribution in [2.75, 3.05) is 13.1 Å². The third-order valence-electron chi connectivity index (χ3n) is 3.77. The van der Waals surface area contributed by atoms with Crippen molar-refractivity contribution in [1.82, 2.24) is 15.4 Å². The Morgan fingerprint density at radius 2 is 2.19 bits per heavy atom. The minimum Gasteiger partial charge on any atom is -0.481 e. The van der Waals surface area contributed by atoms with E-state index in [-0.39, 0.29) is 12.5 Å². The third kappa shape index (κ3) is 4.77. The molecule has 1 fully saturated rings. The lowest BCUT2D eigenvalue weighted by Crippen LogP contribution is -2.44. The number of carboxylic acids is 1. The second-order valence-electron chi connectivity index (χ2n) is 5.45. The minimum atomic E-state index is -0.752. The monoisotopic (exact) mass is 295 g/mol. The van der Waals surface area contributed by atoms with Crippen molar-refractivity contribution in [3.63, 3.8) is 0 Å². The normalized spacial score (nSPS) is 16.0. The van der Waals surface area contributed by atoms with Gasteiger partial charge in [-0.1, -0.05) is 5.16 Å². The Bertz CT molecular complexity index is 492. The van der Waals surface area contributed by atoms with E-state index in [1.807, 2.05) is 0 Å². The number of amides is 2. The van der Waals surface area contributed by atoms with Crippen LogP contribution in [0.5, 0.6) is 0 Å². The van der Waals surface area contributed by atoms with E-state index in [9.17, 15) is 9.59 Å². The van der Waals surface area contributed by atoms with Crippen LogP contribution >= 0.6 is 0 Å². The lowest BCUT2D eigenvalue weighted by molar-refractivity contribution is -0.137. The summed E-state index contributed by atoms with van der Waals surface area (Å²) in [6.45, 7) is 3.51. The largest absolute Gasteiger partial charge is 0.481 e. The molecule has 1 aromatic heterocycles. The highest BCUT2D eigenvalue weighted by molar-refractivity contribution is 5.74. The van der Waals surface area contributed by atoms with Gasteiger partial charge in [0.25, 0.3) is 0 Å². The summed E-state index contributed by atoms with van der Waals surface area (Å²) in [6, 6.07) is 1.69. The van der Waals surface area contributed by atoms with Crippen LogP contribution in [-0.2, 0) is 11.3 Å². The molecule has 0 spiro atoms. The van der Waals surface area contributed by atoms with Crippen LogP contribution < -0.4 is 5.32 Å². The number of hydrogen-bond donors (Lipinski definition) is 2. The molecule has 1 aliphatic rings. The van der Waals surface area contributed by atoms with Crippen molar-refractivity contribution in [3.05, 3.63) is 17.5 Å². The Kier molecular flexibility index (Phi) is 5.19. The smallest absolute Gasteiger partial charge is 0.317 e. The van der Waals surface area contributed by atoms with Gasteiger partial charge < -0.3 is 19.8 Å². The van der Waals surface area contributed by atoms with Crippen molar-refractivity contribution in [1.29, 1.82) is 0 Å². The number of carbonyl (C=O) groups excluding carboxylic acids is 1. The standard InChI is InChI=1S/C14H21N3O4/c1-10-8-12(16-21-10)9-15-14(20)17-6-4-11(5-7-17)2-3-13(18)19/h8,11H,2-7,9H2,1H3,(H,15,20)(H,18,19). The maximum atomic E-state index is 12.0. The molecule has 0 radical (unpaired) electrons. The molecule has 2 heterocycles. The number of urea groups is 1. The molecule has 2 amide bonds. The molecule has 0 unspecified atom stereocenters. The zero-order chi connectivity index (χ0) is 15.2. The first kappa shape index (κ1) is 15.3. The quantitative estimate of drug-likeness (QED) is 0.863. The molecule has 116 valence electrons. The van der Waals surface area contributed by atoms with Crippen LogP contribution in [-0.4, -0.2) is 40.3 Å². The summed E-state index contributed by atoms with van der Waals surface area (Å²) in [5.41, 5.74) is 0.706. The Balaban J connectivity index is 1.69. The number of aliphatic carboxylic acids is 1. The molecule has 1 saturated heterocycles. The Morgan fingerprint density at radius 1 is 1.48 bits per heavy atom. The lowest BCUT2D eigenvalue weighted by atomic mass is 9.92. The zero-order valence-corrected chi connectivity index (χ0v) is 12.2. The number of carboxylic acid groups (broad SMARTS) is 1. The first-order valence-corrected chi connectivity index (χ1v) is 7.21. The topological polar surface area (TPSA) is 95.7 Å². The van der Waals surface area contributed by atoms with Gasteiger partial charge in [-0.05, 0) is 32.1 Å². The summed E-state index contributed by atoms with van der Waals surface area (Å²) in [5.74, 6) is 0.375. The molecular weight excluding hydrogens is 274 g/mol. The van der Waals surface area contributed by atoms with E-state index < -0.39 is 5.97 Å². The number of nitrogens with zero attached hydrogens (tertiary/aromatic N) is 2. The lowest BCUT2D eigenvalue weighted by Gasteiger charge is -2.31. The molecule has 7 nitrogen and oxygen atoms in total. The van der Waals surface area contributed by atoms with Crippen LogP contribution in [0.4, 0.5) is 4.79 Å². The molecule has 1 aromatic rings. The van der Waals surface area contributed by atoms with Crippen molar-refractivity contribution in [2.45, 2.75) is 39.2 Å². The molecule has 0 aliphatic carbocycles. The number of likely N-dealkylation sites (tertiary alicyclic amines) is 1. The maximum Gasteiger partial charge on any atom is 0.317 e. The third-order valence-corrected chi connectivity index (χ3v) is 3.77. The minimum absolute atomic E-state index is 0.104. The van der Waals surface area contributed by atoms with E-state index in [4.69, 9.17) is 9.63 Å². The first-order chi connectivity index (χ1) is 10.0. The molecule has 0 saturated carbocycles. The van der Waals surface area contributed by atoms with E-state index in [2.05, 4.69) is 10.5 Å². The molecule has 0 bridgehead atoms. The number of piperidine rings is 1. The van der Waals surface area contributed by atoms with Gasteiger partial charge in [-0.2, -0.15) is 0 Å². The fraction of sp³-hybridized carbons (Fsp3) is 0.643. The SMILES string of the molecule is Cc1cc(CNC(=O)N2CCC(CCC(=O)O)CC2)no1. The molecule has 21 heavy (non-hydrogen) atoms. The van der Waals surface area contributed by atoms with Crippen LogP contribution in [0.3, 0.4) is 0 Å². The van der Waals surface area contributed by atoms with E-state index in [0.29, 0.717) is 37.7 Å². The van der Waals surface area contributed by atoms with Crippen molar-refractivity contribution in [3.8, 4) is 0 Å². The summed E-state index contributed by atoms with van der Waals surface area (Å²) < 4.78 is 4.94. The fourth-order valence-electron chi connectivity index (χ4n) is 2.53. The van der Waals surface area contributed by atoms with Gasteiger partial charge in [0.15, 0.2) is 0 Å². The van der Waals surface area contributed by atoms with E-state index in [1.165, 1.54) is 0 Å². The second-order valence-corrected chi connectivity index (χ2v) is 5.45. The molecule has 7 heteroatoms. The van der Waals surface area contributed by atoms with Crippen LogP contribution in [0.25, 0.3) is 0 Å². The molecule has 0 aromatic carbocycles. The summed E-state index contributed by atoms with van der Waals surface area (Å²) >= 11 is 0. The first-order valence-electron chi connectivity index (χ1n) is 7.21. The van der Waals surface area contributed by atoms with Crippen LogP contribution in [0.2, 0.25) is 0 Å². The molecule has 0 atom stereocenters. The van der Waals surface area contributed by atoms with Gasteiger partial charge in [-0.15, -0.1) is 0 Å². The summed E-state index contributed by atoms with van der Waals surface area (Å²) in [5, 5.41) is 15.3. The molecule has 2 N–H and O–H groups in total. The zero-order valence-electron chi connectivity index (χ0n) is 12.2. The summed E-state index contributed by atoms with van der Waals surface area (Å²) in [7, 11) is 0. The summed E-state index contributed by atoms with van der Waals surface area (Å²) in [4.78, 5) is 24.3. The van der Waals surface area contributed by atoms with Gasteiger partial charge in [0.1, 0.15) is 11.5 Å². The highest BCUT2D eigenvalue weighted by Gasteiger charge is 2.23. The Labute approximate surface area is 123 Å². The Morgan fingerprint density at radius 3 is 2.76 bits per heavy atom. The van der Waals surface area contributed by atoms with Gasteiger partial charge >= 0.3 is 12.0 Å². The van der Waals surface area contributed by atoms with Crippen LogP contribution in [0.15, 0.2) is 10.6 Å². The molecule has 1 aliphatic heterocycles. The van der Waals surface area contributed by atoms with Gasteiger partial charge in [0.2, 0.25) is 0 Å². The maximum absolute atomic E-state index is 12.0. The number of nitrogens with one attached hydrogen (secondary N) is 1. The predicted molar refractivity (Wildman–Crippen MR) is 74.6 cm³/mol. The average molecular weight is 295 g/mol. The molecule has 2 rings (SSSR count). The number of rotatable bonds is 5. The van der Waals surface area contributed by atoms with E-state index in [0.717, 1.165) is 18.6 Å². The summed E-state index contributed by atoms with van der Waals surface area (Å²) in [6.07, 6.45) is 2.64. The van der Waals surface area contributed by atoms with Crippen LogP contribution in [0, 0.1) is 12.8 Å². The van der Waals surface area contributed by atoms with Crippen molar-refractivity contribution in [2.24, 2.45) is 5.92 Å². The highest BCUT2D eigenvalue weighted by Crippen LogP contribution is 2.21. The number of carbonyl (C=O) groups is 2. The van der Waals surface area contributed by atoms with E-state index >= 15 is 0 Å². The van der Waals surface area contributed by atoms with Crippen molar-refractivity contribution >= 4 is 12.0 Å². The van der Waals surface area contributed by atoms with Crippen LogP contribution in [0.1, 0.15) is 37.1 Å². The second kappa shape index (κ2) is 7.10. The van der Waals surface area contributed by atoms with Gasteiger partial charge in [-0.3, -0.25) is 4.79 Å². The number of hydrogen-bond acceptors (Lipinski definition) is 4. The number of aryl methyl sites for hydroxylation is 1. The fourth-order valence-corrected chi connectivity index (χ4v) is 2.53. The van der Waals surface area contributed by atoms with Gasteiger partial charge in [0, 0.05) is 25.6 Å². The predicted octanol–water partition coefficient (Wildman–Crippen LogP) is 1.77. The average Bonchev–Trinajstić information content (AvgIpc) is 2.89. The van der Waals surface area contributed by atoms with Crippen molar-refractivity contribution < 1.29 is 19.2 Å². The molecular formula is C14H21N3O4. The number of aromatic nitrogens is 1. The van der Waals surface area contributed by atoms with Gasteiger partial charge in [0.05, 0.1) is 6.54 Å². The highest BCUT2D eigenvalue weighted by atomic mass is 16.5. The van der Waals surface area contributed by atoms with E-state index in [1.54, 1.807) is 17.9 Å². The van der Waals surface area contributed by atoms with Gasteiger partial charge in [-0.25, -0.2) is 4.79 Å².